The minimum absolute atomic E-state index is 0.00133. The third-order valence-corrected chi connectivity index (χ3v) is 3.24. The number of hydrogen-bond acceptors (Lipinski definition) is 3. The molecule has 4 nitrogen and oxygen atoms in total. The maximum atomic E-state index is 11.9. The summed E-state index contributed by atoms with van der Waals surface area (Å²) >= 11 is 0. The zero-order valence-electron chi connectivity index (χ0n) is 10.2. The van der Waals surface area contributed by atoms with Crippen LogP contribution < -0.4 is 4.90 Å². The van der Waals surface area contributed by atoms with E-state index < -0.39 is 0 Å². The van der Waals surface area contributed by atoms with Gasteiger partial charge in [-0.2, -0.15) is 0 Å². The summed E-state index contributed by atoms with van der Waals surface area (Å²) in [5, 5.41) is 0. The molecular weight excluding hydrogens is 240 g/mol. The maximum Gasteiger partial charge on any atom is 0.228 e. The maximum absolute atomic E-state index is 11.9. The van der Waals surface area contributed by atoms with Gasteiger partial charge in [0.15, 0.2) is 12.2 Å². The Labute approximate surface area is 111 Å². The minimum atomic E-state index is 0.00133. The molecule has 1 amide bonds. The van der Waals surface area contributed by atoms with Crippen LogP contribution in [-0.4, -0.2) is 17.4 Å². The van der Waals surface area contributed by atoms with Crippen molar-refractivity contribution in [3.05, 3.63) is 36.9 Å². The second-order valence-electron chi connectivity index (χ2n) is 4.49. The molecule has 2 aromatic rings. The molecule has 1 aliphatic rings. The molecule has 1 saturated heterocycles. The molecule has 0 bridgehead atoms. The third-order valence-electron chi connectivity index (χ3n) is 3.24. The van der Waals surface area contributed by atoms with Crippen LogP contribution in [-0.2, 0) is 4.79 Å². The van der Waals surface area contributed by atoms with Gasteiger partial charge in [-0.05, 0) is 12.1 Å². The Morgan fingerprint density at radius 1 is 1.47 bits per heavy atom. The summed E-state index contributed by atoms with van der Waals surface area (Å²) in [5.41, 5.74) is 1.74. The van der Waals surface area contributed by atoms with Crippen LogP contribution in [0.1, 0.15) is 6.42 Å². The average Bonchev–Trinajstić information content (AvgIpc) is 3.08. The Morgan fingerprint density at radius 3 is 3.05 bits per heavy atom. The molecule has 3 rings (SSSR count). The number of terminal acetylenes is 1. The molecule has 94 valence electrons. The number of benzene rings is 1. The van der Waals surface area contributed by atoms with Crippen molar-refractivity contribution < 1.29 is 9.21 Å². The van der Waals surface area contributed by atoms with Crippen molar-refractivity contribution in [3.8, 4) is 23.7 Å². The first-order valence-corrected chi connectivity index (χ1v) is 6.03. The van der Waals surface area contributed by atoms with Crippen LogP contribution in [0.3, 0.4) is 0 Å². The highest BCUT2D eigenvalue weighted by molar-refractivity contribution is 5.96. The van der Waals surface area contributed by atoms with E-state index in [-0.39, 0.29) is 11.8 Å². The molecule has 0 saturated carbocycles. The van der Waals surface area contributed by atoms with Crippen molar-refractivity contribution in [1.29, 1.82) is 0 Å². The lowest BCUT2D eigenvalue weighted by Crippen LogP contribution is -2.24. The standard InChI is InChI=1S/C15H12N2O2/c1-2-11-6-15(18)17(9-11)13-5-3-4-12(7-13)14-8-16-10-19-14/h1,3-5,7-8,10-11H,6,9H2. The van der Waals surface area contributed by atoms with E-state index in [0.717, 1.165) is 11.3 Å². The molecule has 1 aromatic carbocycles. The molecule has 1 aliphatic heterocycles. The number of carbonyl (C=O) groups is 1. The predicted octanol–water partition coefficient (Wildman–Crippen LogP) is 2.33. The molecule has 1 atom stereocenters. The zero-order valence-corrected chi connectivity index (χ0v) is 10.2. The monoisotopic (exact) mass is 252 g/mol. The van der Waals surface area contributed by atoms with Crippen LogP contribution in [0.2, 0.25) is 0 Å². The minimum Gasteiger partial charge on any atom is -0.444 e. The van der Waals surface area contributed by atoms with Crippen molar-refractivity contribution in [2.75, 3.05) is 11.4 Å². The van der Waals surface area contributed by atoms with Gasteiger partial charge in [0.05, 0.1) is 6.20 Å². The molecule has 0 aliphatic carbocycles. The number of amides is 1. The smallest absolute Gasteiger partial charge is 0.228 e. The second-order valence-corrected chi connectivity index (χ2v) is 4.49. The lowest BCUT2D eigenvalue weighted by atomic mass is 10.1. The van der Waals surface area contributed by atoms with E-state index in [0.29, 0.717) is 18.7 Å². The SMILES string of the molecule is C#CC1CC(=O)N(c2cccc(-c3cnco3)c2)C1. The van der Waals surface area contributed by atoms with Crippen LogP contribution >= 0.6 is 0 Å². The highest BCUT2D eigenvalue weighted by atomic mass is 16.3. The van der Waals surface area contributed by atoms with E-state index >= 15 is 0 Å². The van der Waals surface area contributed by atoms with Gasteiger partial charge in [0.1, 0.15) is 0 Å². The van der Waals surface area contributed by atoms with Gasteiger partial charge in [-0.25, -0.2) is 4.98 Å². The third kappa shape index (κ3) is 2.11. The average molecular weight is 252 g/mol. The molecular formula is C15H12N2O2. The van der Waals surface area contributed by atoms with Crippen LogP contribution in [0.25, 0.3) is 11.3 Å². The summed E-state index contributed by atoms with van der Waals surface area (Å²) < 4.78 is 5.26. The molecule has 1 fully saturated rings. The van der Waals surface area contributed by atoms with Crippen LogP contribution in [0.4, 0.5) is 5.69 Å². The van der Waals surface area contributed by atoms with E-state index in [2.05, 4.69) is 10.9 Å². The highest BCUT2D eigenvalue weighted by Gasteiger charge is 2.29. The summed E-state index contributed by atoms with van der Waals surface area (Å²) in [6.45, 7) is 0.579. The van der Waals surface area contributed by atoms with Gasteiger partial charge >= 0.3 is 0 Å². The van der Waals surface area contributed by atoms with Crippen LogP contribution in [0.5, 0.6) is 0 Å². The lowest BCUT2D eigenvalue weighted by molar-refractivity contribution is -0.117. The molecule has 2 heterocycles. The number of anilines is 1. The van der Waals surface area contributed by atoms with Crippen molar-refractivity contribution in [1.82, 2.24) is 4.98 Å². The van der Waals surface area contributed by atoms with Gasteiger partial charge in [0, 0.05) is 30.1 Å². The van der Waals surface area contributed by atoms with Gasteiger partial charge in [0.2, 0.25) is 5.91 Å². The van der Waals surface area contributed by atoms with Gasteiger partial charge in [-0.3, -0.25) is 4.79 Å². The number of carbonyl (C=O) groups excluding carboxylic acids is 1. The summed E-state index contributed by atoms with van der Waals surface area (Å²) in [6.07, 6.45) is 8.85. The fourth-order valence-electron chi connectivity index (χ4n) is 2.25. The number of rotatable bonds is 2. The summed E-state index contributed by atoms with van der Waals surface area (Å²) in [5.74, 6) is 3.40. The predicted molar refractivity (Wildman–Crippen MR) is 71.2 cm³/mol. The number of hydrogen-bond donors (Lipinski definition) is 0. The molecule has 19 heavy (non-hydrogen) atoms. The Morgan fingerprint density at radius 2 is 2.37 bits per heavy atom. The number of aromatic nitrogens is 1. The Hall–Kier alpha value is -2.54. The Kier molecular flexibility index (Phi) is 2.81. The van der Waals surface area contributed by atoms with Crippen molar-refractivity contribution in [2.45, 2.75) is 6.42 Å². The van der Waals surface area contributed by atoms with E-state index in [1.54, 1.807) is 11.1 Å². The topological polar surface area (TPSA) is 46.3 Å². The Bertz CT molecular complexity index is 640. The van der Waals surface area contributed by atoms with Gasteiger partial charge in [-0.1, -0.05) is 12.1 Å². The zero-order chi connectivity index (χ0) is 13.2. The number of oxazole rings is 1. The van der Waals surface area contributed by atoms with E-state index in [9.17, 15) is 4.79 Å². The van der Waals surface area contributed by atoms with E-state index in [1.807, 2.05) is 24.3 Å². The lowest BCUT2D eigenvalue weighted by Gasteiger charge is -2.16. The second kappa shape index (κ2) is 4.62. The fraction of sp³-hybridized carbons (Fsp3) is 0.200. The highest BCUT2D eigenvalue weighted by Crippen LogP contribution is 2.28. The fourth-order valence-corrected chi connectivity index (χ4v) is 2.25. The summed E-state index contributed by atoms with van der Waals surface area (Å²) in [7, 11) is 0. The molecule has 1 aromatic heterocycles. The van der Waals surface area contributed by atoms with Crippen LogP contribution in [0.15, 0.2) is 41.3 Å². The van der Waals surface area contributed by atoms with Crippen molar-refractivity contribution >= 4 is 11.6 Å². The first-order valence-electron chi connectivity index (χ1n) is 6.03. The first kappa shape index (κ1) is 11.5. The van der Waals surface area contributed by atoms with E-state index in [4.69, 9.17) is 10.8 Å². The molecule has 1 unspecified atom stereocenters. The molecule has 0 N–H and O–H groups in total. The van der Waals surface area contributed by atoms with Crippen molar-refractivity contribution in [3.63, 3.8) is 0 Å². The van der Waals surface area contributed by atoms with Gasteiger partial charge in [-0.15, -0.1) is 12.3 Å². The normalized spacial score (nSPS) is 18.6. The van der Waals surface area contributed by atoms with Gasteiger partial charge in [0.25, 0.3) is 0 Å². The number of nitrogens with zero attached hydrogens (tertiary/aromatic N) is 2. The van der Waals surface area contributed by atoms with Crippen LogP contribution in [0, 0.1) is 18.3 Å². The quantitative estimate of drug-likeness (QED) is 0.771. The molecule has 0 spiro atoms. The molecule has 4 heteroatoms. The molecule has 0 radical (unpaired) electrons. The van der Waals surface area contributed by atoms with Crippen molar-refractivity contribution in [2.24, 2.45) is 5.92 Å². The summed E-state index contributed by atoms with van der Waals surface area (Å²) in [4.78, 5) is 17.6. The van der Waals surface area contributed by atoms with Gasteiger partial charge < -0.3 is 9.32 Å². The summed E-state index contributed by atoms with van der Waals surface area (Å²) in [6, 6.07) is 7.63. The van der Waals surface area contributed by atoms with E-state index in [1.165, 1.54) is 6.39 Å². The Balaban J connectivity index is 1.92. The largest absolute Gasteiger partial charge is 0.444 e. The first-order chi connectivity index (χ1) is 9.28.